The van der Waals surface area contributed by atoms with E-state index in [1.807, 2.05) is 25.1 Å². The van der Waals surface area contributed by atoms with Gasteiger partial charge in [-0.1, -0.05) is 22.0 Å². The fourth-order valence-corrected chi connectivity index (χ4v) is 2.08. The Kier molecular flexibility index (Phi) is 2.56. The molecule has 2 aromatic heterocycles. The van der Waals surface area contributed by atoms with Crippen molar-refractivity contribution in [3.05, 3.63) is 40.4 Å². The molecular formula is C13H11BrN4. The summed E-state index contributed by atoms with van der Waals surface area (Å²) in [6.45, 7) is 2.05. The first-order valence-electron chi connectivity index (χ1n) is 5.52. The van der Waals surface area contributed by atoms with Gasteiger partial charge in [0.05, 0.1) is 5.52 Å². The van der Waals surface area contributed by atoms with Crippen LogP contribution in [-0.4, -0.2) is 15.0 Å². The van der Waals surface area contributed by atoms with Gasteiger partial charge >= 0.3 is 0 Å². The number of hydrogen-bond donors (Lipinski definition) is 2. The number of pyridine rings is 1. The van der Waals surface area contributed by atoms with E-state index in [0.717, 1.165) is 21.4 Å². The smallest absolute Gasteiger partial charge is 0.180 e. The molecule has 0 bridgehead atoms. The van der Waals surface area contributed by atoms with Gasteiger partial charge in [0.2, 0.25) is 0 Å². The molecule has 90 valence electrons. The lowest BCUT2D eigenvalue weighted by atomic mass is 10.1. The number of anilines is 1. The molecule has 0 fully saturated rings. The van der Waals surface area contributed by atoms with Crippen LogP contribution < -0.4 is 5.73 Å². The summed E-state index contributed by atoms with van der Waals surface area (Å²) < 4.78 is 1.09. The largest absolute Gasteiger partial charge is 0.384 e. The molecule has 0 radical (unpaired) electrons. The summed E-state index contributed by atoms with van der Waals surface area (Å²) in [7, 11) is 0. The number of fused-ring (bicyclic) bond motifs is 1. The van der Waals surface area contributed by atoms with Crippen molar-refractivity contribution in [1.82, 2.24) is 15.0 Å². The fraction of sp³-hybridized carbons (Fsp3) is 0.0769. The predicted molar refractivity (Wildman–Crippen MR) is 76.2 cm³/mol. The second-order valence-corrected chi connectivity index (χ2v) is 5.01. The van der Waals surface area contributed by atoms with Crippen molar-refractivity contribution in [2.24, 2.45) is 0 Å². The van der Waals surface area contributed by atoms with Crippen molar-refractivity contribution in [3.63, 3.8) is 0 Å². The molecule has 2 heterocycles. The van der Waals surface area contributed by atoms with E-state index in [0.29, 0.717) is 11.5 Å². The predicted octanol–water partition coefficient (Wildman–Crippen LogP) is 3.28. The third kappa shape index (κ3) is 1.86. The molecular weight excluding hydrogens is 292 g/mol. The average Bonchev–Trinajstić information content (AvgIpc) is 2.75. The number of rotatable bonds is 1. The summed E-state index contributed by atoms with van der Waals surface area (Å²) in [6.07, 6.45) is 0. The highest BCUT2D eigenvalue weighted by Crippen LogP contribution is 2.24. The zero-order chi connectivity index (χ0) is 12.7. The molecule has 3 N–H and O–H groups in total. The standard InChI is InChI=1S/C13H11BrN4/c1-7-6-8(2-3-9(7)14)12-16-10-4-5-11(15)17-13(10)18-12/h2-6H,1H3,(H3,15,16,17,18). The number of benzene rings is 1. The van der Waals surface area contributed by atoms with Crippen LogP contribution in [0.25, 0.3) is 22.6 Å². The number of aromatic nitrogens is 3. The monoisotopic (exact) mass is 302 g/mol. The Morgan fingerprint density at radius 2 is 2.00 bits per heavy atom. The molecule has 0 unspecified atom stereocenters. The summed E-state index contributed by atoms with van der Waals surface area (Å²) in [5, 5.41) is 0. The molecule has 0 aliphatic rings. The number of hydrogen-bond acceptors (Lipinski definition) is 3. The number of nitrogen functional groups attached to an aromatic ring is 1. The lowest BCUT2D eigenvalue weighted by molar-refractivity contribution is 1.29. The Morgan fingerprint density at radius 3 is 2.78 bits per heavy atom. The normalized spacial score (nSPS) is 11.0. The Bertz CT molecular complexity index is 733. The molecule has 0 aliphatic carbocycles. The quantitative estimate of drug-likeness (QED) is 0.725. The molecule has 3 aromatic rings. The maximum absolute atomic E-state index is 5.64. The van der Waals surface area contributed by atoms with E-state index in [1.165, 1.54) is 5.56 Å². The van der Waals surface area contributed by atoms with Crippen LogP contribution in [-0.2, 0) is 0 Å². The van der Waals surface area contributed by atoms with Crippen molar-refractivity contribution in [1.29, 1.82) is 0 Å². The molecule has 3 rings (SSSR count). The van der Waals surface area contributed by atoms with Gasteiger partial charge in [0.15, 0.2) is 5.65 Å². The summed E-state index contributed by atoms with van der Waals surface area (Å²) in [6, 6.07) is 9.75. The van der Waals surface area contributed by atoms with Crippen LogP contribution in [0.5, 0.6) is 0 Å². The number of aromatic amines is 1. The maximum atomic E-state index is 5.64. The highest BCUT2D eigenvalue weighted by molar-refractivity contribution is 9.10. The van der Waals surface area contributed by atoms with E-state index in [-0.39, 0.29) is 0 Å². The second kappa shape index (κ2) is 4.10. The Morgan fingerprint density at radius 1 is 1.17 bits per heavy atom. The van der Waals surface area contributed by atoms with Crippen molar-refractivity contribution < 1.29 is 0 Å². The minimum absolute atomic E-state index is 0.479. The summed E-state index contributed by atoms with van der Waals surface area (Å²) >= 11 is 3.49. The lowest BCUT2D eigenvalue weighted by Crippen LogP contribution is -1.88. The number of nitrogens with zero attached hydrogens (tertiary/aromatic N) is 2. The van der Waals surface area contributed by atoms with Gasteiger partial charge in [0, 0.05) is 10.0 Å². The Labute approximate surface area is 112 Å². The first kappa shape index (κ1) is 11.2. The van der Waals surface area contributed by atoms with Crippen molar-refractivity contribution >= 4 is 32.9 Å². The number of nitrogens with two attached hydrogens (primary N) is 1. The van der Waals surface area contributed by atoms with E-state index in [1.54, 1.807) is 6.07 Å². The van der Waals surface area contributed by atoms with Crippen molar-refractivity contribution in [2.45, 2.75) is 6.92 Å². The van der Waals surface area contributed by atoms with E-state index >= 15 is 0 Å². The molecule has 0 amide bonds. The molecule has 18 heavy (non-hydrogen) atoms. The zero-order valence-corrected chi connectivity index (χ0v) is 11.3. The molecule has 0 spiro atoms. The molecule has 1 aromatic carbocycles. The van der Waals surface area contributed by atoms with Crippen molar-refractivity contribution in [2.75, 3.05) is 5.73 Å². The Hall–Kier alpha value is -1.88. The number of H-pyrrole nitrogens is 1. The summed E-state index contributed by atoms with van der Waals surface area (Å²) in [5.41, 5.74) is 9.38. The maximum Gasteiger partial charge on any atom is 0.180 e. The molecule has 0 saturated carbocycles. The van der Waals surface area contributed by atoms with Crippen LogP contribution in [0.1, 0.15) is 5.56 Å². The minimum atomic E-state index is 0.479. The average molecular weight is 303 g/mol. The fourth-order valence-electron chi connectivity index (χ4n) is 1.84. The van der Waals surface area contributed by atoms with Gasteiger partial charge in [-0.2, -0.15) is 0 Å². The van der Waals surface area contributed by atoms with Gasteiger partial charge in [-0.15, -0.1) is 0 Å². The number of imidazole rings is 1. The second-order valence-electron chi connectivity index (χ2n) is 4.16. The molecule has 0 aliphatic heterocycles. The van der Waals surface area contributed by atoms with Gasteiger partial charge in [0.25, 0.3) is 0 Å². The minimum Gasteiger partial charge on any atom is -0.384 e. The van der Waals surface area contributed by atoms with Crippen LogP contribution >= 0.6 is 15.9 Å². The van der Waals surface area contributed by atoms with Gasteiger partial charge in [-0.25, -0.2) is 9.97 Å². The van der Waals surface area contributed by atoms with E-state index < -0.39 is 0 Å². The van der Waals surface area contributed by atoms with E-state index in [9.17, 15) is 0 Å². The van der Waals surface area contributed by atoms with Crippen LogP contribution in [0.2, 0.25) is 0 Å². The topological polar surface area (TPSA) is 67.6 Å². The number of nitrogens with one attached hydrogen (secondary N) is 1. The van der Waals surface area contributed by atoms with Crippen LogP contribution in [0.15, 0.2) is 34.8 Å². The van der Waals surface area contributed by atoms with Gasteiger partial charge in [0.1, 0.15) is 11.6 Å². The van der Waals surface area contributed by atoms with Crippen LogP contribution in [0.4, 0.5) is 5.82 Å². The van der Waals surface area contributed by atoms with Crippen LogP contribution in [0, 0.1) is 6.92 Å². The first-order chi connectivity index (χ1) is 8.63. The highest BCUT2D eigenvalue weighted by atomic mass is 79.9. The number of aryl methyl sites for hydroxylation is 1. The first-order valence-corrected chi connectivity index (χ1v) is 6.31. The third-order valence-corrected chi connectivity index (χ3v) is 3.69. The number of halogens is 1. The zero-order valence-electron chi connectivity index (χ0n) is 9.74. The SMILES string of the molecule is Cc1cc(-c2nc3nc(N)ccc3[nH]2)ccc1Br. The van der Waals surface area contributed by atoms with Crippen LogP contribution in [0.3, 0.4) is 0 Å². The van der Waals surface area contributed by atoms with Gasteiger partial charge in [-0.05, 0) is 36.8 Å². The summed E-state index contributed by atoms with van der Waals surface area (Å²) in [4.78, 5) is 11.9. The van der Waals surface area contributed by atoms with Gasteiger partial charge < -0.3 is 10.7 Å². The van der Waals surface area contributed by atoms with Crippen molar-refractivity contribution in [3.8, 4) is 11.4 Å². The molecule has 4 nitrogen and oxygen atoms in total. The van der Waals surface area contributed by atoms with E-state index in [4.69, 9.17) is 5.73 Å². The lowest BCUT2D eigenvalue weighted by Gasteiger charge is -2.00. The third-order valence-electron chi connectivity index (χ3n) is 2.80. The highest BCUT2D eigenvalue weighted by Gasteiger charge is 2.07. The molecule has 0 saturated heterocycles. The van der Waals surface area contributed by atoms with E-state index in [2.05, 4.69) is 36.9 Å². The molecule has 0 atom stereocenters. The molecule has 5 heteroatoms. The Balaban J connectivity index is 2.16. The van der Waals surface area contributed by atoms with Gasteiger partial charge in [-0.3, -0.25) is 0 Å². The summed E-state index contributed by atoms with van der Waals surface area (Å²) in [5.74, 6) is 1.28.